The molecular formula is C27H23N3O4S. The zero-order valence-corrected chi connectivity index (χ0v) is 20.3. The number of anilines is 1. The van der Waals surface area contributed by atoms with Gasteiger partial charge < -0.3 is 9.84 Å². The second-order valence-electron chi connectivity index (χ2n) is 8.30. The summed E-state index contributed by atoms with van der Waals surface area (Å²) in [7, 11) is 0. The third-order valence-electron chi connectivity index (χ3n) is 5.93. The van der Waals surface area contributed by atoms with Gasteiger partial charge in [-0.05, 0) is 62.7 Å². The number of carbonyl (C=O) groups is 2. The maximum atomic E-state index is 13.4. The second-order valence-corrected chi connectivity index (χ2v) is 9.31. The topological polar surface area (TPSA) is 92.6 Å². The average Bonchev–Trinajstić information content (AvgIpc) is 3.39. The summed E-state index contributed by atoms with van der Waals surface area (Å²) < 4.78 is 6.41. The van der Waals surface area contributed by atoms with E-state index in [4.69, 9.17) is 4.74 Å². The van der Waals surface area contributed by atoms with Crippen LogP contribution in [0.1, 0.15) is 35.3 Å². The van der Waals surface area contributed by atoms with E-state index in [9.17, 15) is 14.7 Å². The summed E-state index contributed by atoms with van der Waals surface area (Å²) in [5.74, 6) is -1.04. The molecule has 1 aliphatic rings. The van der Waals surface area contributed by atoms with E-state index in [1.807, 2.05) is 51.1 Å². The Balaban J connectivity index is 1.71. The molecule has 176 valence electrons. The van der Waals surface area contributed by atoms with Gasteiger partial charge in [-0.15, -0.1) is 0 Å². The Bertz CT molecular complexity index is 1490. The Morgan fingerprint density at radius 2 is 1.94 bits per heavy atom. The molecule has 1 aliphatic heterocycles. The zero-order chi connectivity index (χ0) is 24.7. The molecule has 1 amide bonds. The number of aryl methyl sites for hydroxylation is 2. The molecule has 3 heterocycles. The fraction of sp³-hybridized carbons (Fsp3) is 0.185. The van der Waals surface area contributed by atoms with Crippen molar-refractivity contribution in [2.75, 3.05) is 11.5 Å². The number of pyridine rings is 1. The van der Waals surface area contributed by atoms with E-state index >= 15 is 0 Å². The summed E-state index contributed by atoms with van der Waals surface area (Å²) >= 11 is 1.28. The molecule has 2 aromatic heterocycles. The van der Waals surface area contributed by atoms with Crippen molar-refractivity contribution in [1.29, 1.82) is 0 Å². The van der Waals surface area contributed by atoms with Gasteiger partial charge in [0.2, 0.25) is 0 Å². The van der Waals surface area contributed by atoms with Crippen LogP contribution in [0.3, 0.4) is 0 Å². The quantitative estimate of drug-likeness (QED) is 0.233. The van der Waals surface area contributed by atoms with Gasteiger partial charge in [0, 0.05) is 11.8 Å². The summed E-state index contributed by atoms with van der Waals surface area (Å²) in [5.41, 5.74) is 3.38. The average molecular weight is 486 g/mol. The van der Waals surface area contributed by atoms with Crippen LogP contribution in [0.15, 0.2) is 66.4 Å². The molecule has 0 aliphatic carbocycles. The molecule has 8 heteroatoms. The molecule has 1 fully saturated rings. The van der Waals surface area contributed by atoms with E-state index in [1.165, 1.54) is 16.2 Å². The van der Waals surface area contributed by atoms with Gasteiger partial charge in [0.25, 0.3) is 5.78 Å². The van der Waals surface area contributed by atoms with Gasteiger partial charge in [-0.2, -0.15) is 0 Å². The van der Waals surface area contributed by atoms with Crippen molar-refractivity contribution in [3.05, 3.63) is 88.8 Å². The van der Waals surface area contributed by atoms with Crippen LogP contribution in [-0.2, 0) is 9.59 Å². The molecule has 0 spiro atoms. The number of Topliss-reactive ketones (excluding diaryl/α,β-unsaturated/α-hetero) is 1. The summed E-state index contributed by atoms with van der Waals surface area (Å²) in [6.45, 7) is 6.20. The number of carbonyl (C=O) groups excluding carboxylic acids is 2. The van der Waals surface area contributed by atoms with E-state index < -0.39 is 17.7 Å². The molecule has 0 radical (unpaired) electrons. The Hall–Kier alpha value is -4.04. The van der Waals surface area contributed by atoms with Crippen LogP contribution in [0.2, 0.25) is 0 Å². The minimum Gasteiger partial charge on any atom is -0.507 e. The van der Waals surface area contributed by atoms with Gasteiger partial charge in [-0.1, -0.05) is 35.1 Å². The van der Waals surface area contributed by atoms with E-state index in [0.29, 0.717) is 34.3 Å². The van der Waals surface area contributed by atoms with E-state index in [0.717, 1.165) is 15.8 Å². The lowest BCUT2D eigenvalue weighted by molar-refractivity contribution is -0.132. The van der Waals surface area contributed by atoms with Crippen molar-refractivity contribution in [2.45, 2.75) is 26.8 Å². The van der Waals surface area contributed by atoms with E-state index in [-0.39, 0.29) is 11.3 Å². The number of aromatic nitrogens is 2. The van der Waals surface area contributed by atoms with Crippen LogP contribution in [0.5, 0.6) is 5.75 Å². The number of rotatable bonds is 5. The number of amides is 1. The van der Waals surface area contributed by atoms with Crippen molar-refractivity contribution in [2.24, 2.45) is 0 Å². The van der Waals surface area contributed by atoms with Gasteiger partial charge in [0.15, 0.2) is 5.13 Å². The van der Waals surface area contributed by atoms with Gasteiger partial charge >= 0.3 is 5.91 Å². The number of ether oxygens (including phenoxy) is 1. The molecule has 0 bridgehead atoms. The fourth-order valence-electron chi connectivity index (χ4n) is 4.24. The SMILES string of the molecule is CCOc1ccc2nc(N3C(=O)C(=O)/C(=C(/O)c4cc(C)ccc4C)C3c3ccccn3)sc2c1. The highest BCUT2D eigenvalue weighted by Crippen LogP contribution is 2.44. The second kappa shape index (κ2) is 8.96. The molecule has 7 nitrogen and oxygen atoms in total. The van der Waals surface area contributed by atoms with Gasteiger partial charge in [-0.3, -0.25) is 19.5 Å². The minimum atomic E-state index is -0.914. The first-order valence-corrected chi connectivity index (χ1v) is 12.0. The lowest BCUT2D eigenvalue weighted by Gasteiger charge is -2.22. The maximum absolute atomic E-state index is 13.4. The monoisotopic (exact) mass is 485 g/mol. The Labute approximate surface area is 206 Å². The lowest BCUT2D eigenvalue weighted by atomic mass is 9.95. The molecule has 35 heavy (non-hydrogen) atoms. The van der Waals surface area contributed by atoms with Gasteiger partial charge in [-0.25, -0.2) is 4.98 Å². The maximum Gasteiger partial charge on any atom is 0.301 e. The van der Waals surface area contributed by atoms with Crippen molar-refractivity contribution in [1.82, 2.24) is 9.97 Å². The minimum absolute atomic E-state index is 0.00309. The molecule has 5 rings (SSSR count). The number of benzene rings is 2. The predicted octanol–water partition coefficient (Wildman–Crippen LogP) is 5.33. The van der Waals surface area contributed by atoms with Crippen molar-refractivity contribution in [3.63, 3.8) is 0 Å². The summed E-state index contributed by atoms with van der Waals surface area (Å²) in [6.07, 6.45) is 1.60. The normalized spacial score (nSPS) is 17.3. The van der Waals surface area contributed by atoms with Crippen LogP contribution < -0.4 is 9.64 Å². The molecule has 1 N–H and O–H groups in total. The number of thiazole rings is 1. The molecule has 1 atom stereocenters. The first-order chi connectivity index (χ1) is 16.9. The number of hydrogen-bond donors (Lipinski definition) is 1. The van der Waals surface area contributed by atoms with Crippen molar-refractivity contribution in [3.8, 4) is 5.75 Å². The highest BCUT2D eigenvalue weighted by molar-refractivity contribution is 7.22. The van der Waals surface area contributed by atoms with Crippen LogP contribution in [0, 0.1) is 13.8 Å². The molecular weight excluding hydrogens is 462 g/mol. The van der Waals surface area contributed by atoms with Gasteiger partial charge in [0.1, 0.15) is 17.6 Å². The van der Waals surface area contributed by atoms with Crippen LogP contribution in [0.25, 0.3) is 16.0 Å². The summed E-state index contributed by atoms with van der Waals surface area (Å²) in [5, 5.41) is 11.7. The van der Waals surface area contributed by atoms with E-state index in [1.54, 1.807) is 30.5 Å². The standard InChI is InChI=1S/C27H23N3O4S/c1-4-34-17-10-11-19-21(14-17)35-27(29-19)30-23(20-7-5-6-12-28-20)22(25(32)26(30)33)24(31)18-13-15(2)8-9-16(18)3/h5-14,23,31H,4H2,1-3H3/b24-22+. The third kappa shape index (κ3) is 3.95. The smallest absolute Gasteiger partial charge is 0.301 e. The largest absolute Gasteiger partial charge is 0.507 e. The predicted molar refractivity (Wildman–Crippen MR) is 136 cm³/mol. The first kappa shape index (κ1) is 22.7. The van der Waals surface area contributed by atoms with Crippen LogP contribution in [0.4, 0.5) is 5.13 Å². The van der Waals surface area contributed by atoms with Crippen molar-refractivity contribution < 1.29 is 19.4 Å². The first-order valence-electron chi connectivity index (χ1n) is 11.2. The van der Waals surface area contributed by atoms with Crippen LogP contribution in [-0.4, -0.2) is 33.4 Å². The molecule has 2 aromatic carbocycles. The number of ketones is 1. The molecule has 0 saturated carbocycles. The summed E-state index contributed by atoms with van der Waals surface area (Å²) in [6, 6.07) is 15.5. The van der Waals surface area contributed by atoms with E-state index in [2.05, 4.69) is 9.97 Å². The number of hydrogen-bond acceptors (Lipinski definition) is 7. The molecule has 1 saturated heterocycles. The van der Waals surface area contributed by atoms with Gasteiger partial charge in [0.05, 0.1) is 28.1 Å². The summed E-state index contributed by atoms with van der Waals surface area (Å²) in [4.78, 5) is 37.1. The fourth-order valence-corrected chi connectivity index (χ4v) is 5.26. The number of fused-ring (bicyclic) bond motifs is 1. The van der Waals surface area contributed by atoms with Crippen LogP contribution >= 0.6 is 11.3 Å². The lowest BCUT2D eigenvalue weighted by Crippen LogP contribution is -2.29. The third-order valence-corrected chi connectivity index (χ3v) is 6.94. The number of nitrogens with zero attached hydrogens (tertiary/aromatic N) is 3. The highest BCUT2D eigenvalue weighted by Gasteiger charge is 2.49. The Morgan fingerprint density at radius 3 is 2.69 bits per heavy atom. The Kier molecular flexibility index (Phi) is 5.82. The molecule has 1 unspecified atom stereocenters. The zero-order valence-electron chi connectivity index (χ0n) is 19.5. The molecule has 4 aromatic rings. The van der Waals surface area contributed by atoms with Crippen molar-refractivity contribution >= 4 is 44.1 Å². The number of aliphatic hydroxyl groups is 1. The highest BCUT2D eigenvalue weighted by atomic mass is 32.1. The Morgan fingerprint density at radius 1 is 1.11 bits per heavy atom. The number of aliphatic hydroxyl groups excluding tert-OH is 1.